The van der Waals surface area contributed by atoms with Crippen LogP contribution in [0.4, 0.5) is 5.69 Å². The molecule has 1 aliphatic rings. The van der Waals surface area contributed by atoms with Gasteiger partial charge in [0.25, 0.3) is 0 Å². The van der Waals surface area contributed by atoms with Crippen molar-refractivity contribution in [3.8, 4) is 0 Å². The summed E-state index contributed by atoms with van der Waals surface area (Å²) in [4.78, 5) is 25.9. The van der Waals surface area contributed by atoms with Crippen molar-refractivity contribution in [1.29, 1.82) is 0 Å². The second-order valence-corrected chi connectivity index (χ2v) is 5.86. The fourth-order valence-corrected chi connectivity index (χ4v) is 3.27. The highest BCUT2D eigenvalue weighted by Gasteiger charge is 2.31. The van der Waals surface area contributed by atoms with Crippen molar-refractivity contribution in [2.24, 2.45) is 11.0 Å². The molecule has 1 unspecified atom stereocenters. The van der Waals surface area contributed by atoms with Crippen LogP contribution in [0.1, 0.15) is 6.42 Å². The number of azide groups is 1. The molecule has 3 heterocycles. The Morgan fingerprint density at radius 2 is 2.04 bits per heavy atom. The molecule has 1 amide bonds. The molecule has 1 aliphatic heterocycles. The first-order chi connectivity index (χ1) is 11.8. The van der Waals surface area contributed by atoms with Crippen molar-refractivity contribution in [3.05, 3.63) is 53.2 Å². The van der Waals surface area contributed by atoms with Gasteiger partial charge in [-0.2, -0.15) is 0 Å². The number of nitrogens with zero attached hydrogens (tertiary/aromatic N) is 6. The minimum atomic E-state index is 0.0431. The van der Waals surface area contributed by atoms with Crippen LogP contribution in [-0.4, -0.2) is 29.0 Å². The van der Waals surface area contributed by atoms with Gasteiger partial charge in [-0.15, -0.1) is 0 Å². The lowest BCUT2D eigenvalue weighted by Gasteiger charge is -2.19. The molecule has 0 N–H and O–H groups in total. The number of anilines is 1. The Labute approximate surface area is 137 Å². The standard InChI is InChI=1S/C17H14N6O/c18-22-21-9-11-7-15(24)23(10-11)14-8-12-3-1-5-19-16(12)17-13(14)4-2-6-20-17/h1-6,8,11H,7,9-10H2. The van der Waals surface area contributed by atoms with Gasteiger partial charge in [0.2, 0.25) is 5.91 Å². The molecule has 0 bridgehead atoms. The fourth-order valence-electron chi connectivity index (χ4n) is 3.27. The second-order valence-electron chi connectivity index (χ2n) is 5.86. The van der Waals surface area contributed by atoms with E-state index in [4.69, 9.17) is 5.53 Å². The Hall–Kier alpha value is -3.18. The van der Waals surface area contributed by atoms with Gasteiger partial charge in [-0.1, -0.05) is 11.2 Å². The summed E-state index contributed by atoms with van der Waals surface area (Å²) >= 11 is 0. The lowest BCUT2D eigenvalue weighted by Crippen LogP contribution is -2.25. The minimum Gasteiger partial charge on any atom is -0.311 e. The van der Waals surface area contributed by atoms with Gasteiger partial charge in [-0.3, -0.25) is 14.8 Å². The third-order valence-electron chi connectivity index (χ3n) is 4.34. The number of carbonyl (C=O) groups excluding carboxylic acids is 1. The SMILES string of the molecule is [N-]=[N+]=NCC1CC(=O)N(c2cc3cccnc3c3ncccc23)C1. The van der Waals surface area contributed by atoms with Crippen molar-refractivity contribution in [2.45, 2.75) is 6.42 Å². The number of hydrogen-bond acceptors (Lipinski definition) is 4. The molecule has 1 fully saturated rings. The zero-order valence-electron chi connectivity index (χ0n) is 12.8. The van der Waals surface area contributed by atoms with Crippen molar-refractivity contribution >= 4 is 33.4 Å². The van der Waals surface area contributed by atoms with E-state index < -0.39 is 0 Å². The fraction of sp³-hybridized carbons (Fsp3) is 0.235. The molecular formula is C17H14N6O. The summed E-state index contributed by atoms with van der Waals surface area (Å²) in [7, 11) is 0. The predicted molar refractivity (Wildman–Crippen MR) is 91.5 cm³/mol. The zero-order chi connectivity index (χ0) is 16.5. The molecule has 0 spiro atoms. The molecule has 3 aromatic rings. The summed E-state index contributed by atoms with van der Waals surface area (Å²) in [5.74, 6) is 0.0891. The first-order valence-corrected chi connectivity index (χ1v) is 7.71. The number of carbonyl (C=O) groups is 1. The number of pyridine rings is 2. The van der Waals surface area contributed by atoms with E-state index in [1.807, 2.05) is 30.3 Å². The second kappa shape index (κ2) is 5.79. The quantitative estimate of drug-likeness (QED) is 0.320. The van der Waals surface area contributed by atoms with E-state index in [1.165, 1.54) is 0 Å². The van der Waals surface area contributed by atoms with Crippen molar-refractivity contribution in [2.75, 3.05) is 18.0 Å². The highest BCUT2D eigenvalue weighted by Crippen LogP contribution is 2.35. The zero-order valence-corrected chi connectivity index (χ0v) is 12.8. The van der Waals surface area contributed by atoms with Crippen molar-refractivity contribution in [1.82, 2.24) is 9.97 Å². The molecule has 1 aromatic carbocycles. The van der Waals surface area contributed by atoms with Crippen molar-refractivity contribution in [3.63, 3.8) is 0 Å². The third kappa shape index (κ3) is 2.31. The monoisotopic (exact) mass is 318 g/mol. The number of fused-ring (bicyclic) bond motifs is 3. The lowest BCUT2D eigenvalue weighted by molar-refractivity contribution is -0.117. The molecular weight excluding hydrogens is 304 g/mol. The molecule has 118 valence electrons. The Morgan fingerprint density at radius 1 is 1.25 bits per heavy atom. The Kier molecular flexibility index (Phi) is 3.48. The summed E-state index contributed by atoms with van der Waals surface area (Å²) in [5.41, 5.74) is 10.9. The van der Waals surface area contributed by atoms with Gasteiger partial charge in [0.05, 0.1) is 16.7 Å². The molecule has 0 aliphatic carbocycles. The van der Waals surface area contributed by atoms with Gasteiger partial charge in [0.1, 0.15) is 0 Å². The van der Waals surface area contributed by atoms with Crippen LogP contribution in [0, 0.1) is 5.92 Å². The summed E-state index contributed by atoms with van der Waals surface area (Å²) < 4.78 is 0. The van der Waals surface area contributed by atoms with E-state index >= 15 is 0 Å². The average Bonchev–Trinajstić information content (AvgIpc) is 3.00. The smallest absolute Gasteiger partial charge is 0.227 e. The van der Waals surface area contributed by atoms with Crippen LogP contribution in [-0.2, 0) is 4.79 Å². The van der Waals surface area contributed by atoms with Crippen LogP contribution in [0.25, 0.3) is 32.2 Å². The molecule has 0 saturated carbocycles. The van der Waals surface area contributed by atoms with Crippen LogP contribution in [0.5, 0.6) is 0 Å². The Bertz CT molecular complexity index is 995. The number of benzene rings is 1. The van der Waals surface area contributed by atoms with E-state index in [9.17, 15) is 4.79 Å². The highest BCUT2D eigenvalue weighted by atomic mass is 16.2. The maximum absolute atomic E-state index is 12.5. The molecule has 1 atom stereocenters. The number of rotatable bonds is 3. The van der Waals surface area contributed by atoms with E-state index in [2.05, 4.69) is 20.0 Å². The van der Waals surface area contributed by atoms with E-state index in [1.54, 1.807) is 17.3 Å². The summed E-state index contributed by atoms with van der Waals surface area (Å²) in [5, 5.41) is 5.46. The van der Waals surface area contributed by atoms with E-state index in [-0.39, 0.29) is 11.8 Å². The molecule has 1 saturated heterocycles. The normalized spacial score (nSPS) is 17.4. The largest absolute Gasteiger partial charge is 0.311 e. The van der Waals surface area contributed by atoms with Gasteiger partial charge in [-0.05, 0) is 35.7 Å². The summed E-state index contributed by atoms with van der Waals surface area (Å²) in [6.07, 6.45) is 3.87. The van der Waals surface area contributed by atoms with Crippen LogP contribution < -0.4 is 4.90 Å². The van der Waals surface area contributed by atoms with Crippen LogP contribution >= 0.6 is 0 Å². The maximum Gasteiger partial charge on any atom is 0.227 e. The molecule has 0 radical (unpaired) electrons. The molecule has 2 aromatic heterocycles. The number of aromatic nitrogens is 2. The van der Waals surface area contributed by atoms with E-state index in [0.29, 0.717) is 19.5 Å². The Balaban J connectivity index is 1.86. The molecule has 4 rings (SSSR count). The van der Waals surface area contributed by atoms with Gasteiger partial charge in [0.15, 0.2) is 0 Å². The van der Waals surface area contributed by atoms with Gasteiger partial charge < -0.3 is 4.90 Å². The van der Waals surface area contributed by atoms with Gasteiger partial charge in [0, 0.05) is 47.6 Å². The molecule has 7 nitrogen and oxygen atoms in total. The first-order valence-electron chi connectivity index (χ1n) is 7.71. The molecule has 24 heavy (non-hydrogen) atoms. The van der Waals surface area contributed by atoms with Crippen LogP contribution in [0.15, 0.2) is 47.8 Å². The molecule has 7 heteroatoms. The first kappa shape index (κ1) is 14.4. The maximum atomic E-state index is 12.5. The topological polar surface area (TPSA) is 94.9 Å². The van der Waals surface area contributed by atoms with Gasteiger partial charge >= 0.3 is 0 Å². The number of amides is 1. The predicted octanol–water partition coefficient (Wildman–Crippen LogP) is 3.45. The summed E-state index contributed by atoms with van der Waals surface area (Å²) in [6.45, 7) is 0.887. The third-order valence-corrected chi connectivity index (χ3v) is 4.34. The van der Waals surface area contributed by atoms with Crippen LogP contribution in [0.3, 0.4) is 0 Å². The minimum absolute atomic E-state index is 0.0431. The van der Waals surface area contributed by atoms with Gasteiger partial charge in [-0.25, -0.2) is 0 Å². The van der Waals surface area contributed by atoms with Crippen LogP contribution in [0.2, 0.25) is 0 Å². The Morgan fingerprint density at radius 3 is 2.88 bits per heavy atom. The lowest BCUT2D eigenvalue weighted by atomic mass is 10.1. The average molecular weight is 318 g/mol. The number of hydrogen-bond donors (Lipinski definition) is 0. The highest BCUT2D eigenvalue weighted by molar-refractivity contribution is 6.13. The summed E-state index contributed by atoms with van der Waals surface area (Å²) in [6, 6.07) is 9.65. The van der Waals surface area contributed by atoms with E-state index in [0.717, 1.165) is 27.5 Å². The van der Waals surface area contributed by atoms with Crippen molar-refractivity contribution < 1.29 is 4.79 Å².